The van der Waals surface area contributed by atoms with Crippen molar-refractivity contribution in [1.82, 2.24) is 20.6 Å². The van der Waals surface area contributed by atoms with Crippen LogP contribution in [0.2, 0.25) is 0 Å². The van der Waals surface area contributed by atoms with Crippen molar-refractivity contribution in [3.8, 4) is 5.88 Å². The number of aliphatic imine (C=N–C) groups is 1. The molecule has 1 saturated heterocycles. The van der Waals surface area contributed by atoms with Crippen molar-refractivity contribution in [1.29, 1.82) is 0 Å². The Labute approximate surface area is 183 Å². The number of urea groups is 1. The lowest BCUT2D eigenvalue weighted by atomic mass is 9.69. The molecule has 2 N–H and O–H groups in total. The summed E-state index contributed by atoms with van der Waals surface area (Å²) in [5, 5.41) is 6.99. The van der Waals surface area contributed by atoms with Crippen LogP contribution in [0.25, 0.3) is 0 Å². The standard InChI is InChI=1S/C23H30N6O2/c1-4-26-23(17-8-6-5-7-9-17)12-10-22(11-13-23)16-29(21(30)28-22)18-14-25-19(15-24-2)27-20(18)31-3/h5-9,14,26H,2,4,10-13,15-16H2,1,3H3,(H,28,30). The molecular formula is C23H30N6O2. The number of nitrogens with one attached hydrogen (secondary N) is 2. The largest absolute Gasteiger partial charge is 0.479 e. The normalized spacial score (nSPS) is 25.5. The van der Waals surface area contributed by atoms with Crippen molar-refractivity contribution in [2.75, 3.05) is 25.1 Å². The lowest BCUT2D eigenvalue weighted by Gasteiger charge is -2.45. The van der Waals surface area contributed by atoms with Crippen molar-refractivity contribution in [2.45, 2.75) is 50.2 Å². The van der Waals surface area contributed by atoms with Crippen LogP contribution in [-0.4, -0.2) is 48.5 Å². The van der Waals surface area contributed by atoms with Gasteiger partial charge in [-0.15, -0.1) is 0 Å². The van der Waals surface area contributed by atoms with Crippen molar-refractivity contribution >= 4 is 18.4 Å². The fourth-order valence-electron chi connectivity index (χ4n) is 4.91. The van der Waals surface area contributed by atoms with Crippen LogP contribution in [0.15, 0.2) is 41.5 Å². The number of hydrogen-bond acceptors (Lipinski definition) is 6. The summed E-state index contributed by atoms with van der Waals surface area (Å²) in [4.78, 5) is 27.2. The Kier molecular flexibility index (Phi) is 5.91. The highest BCUT2D eigenvalue weighted by Crippen LogP contribution is 2.44. The van der Waals surface area contributed by atoms with E-state index in [2.05, 4.69) is 63.5 Å². The second-order valence-electron chi connectivity index (χ2n) is 8.34. The molecule has 1 aliphatic heterocycles. The zero-order chi connectivity index (χ0) is 21.9. The van der Waals surface area contributed by atoms with Gasteiger partial charge in [0, 0.05) is 5.54 Å². The van der Waals surface area contributed by atoms with E-state index in [1.165, 1.54) is 5.56 Å². The van der Waals surface area contributed by atoms with Crippen LogP contribution in [0.4, 0.5) is 10.5 Å². The van der Waals surface area contributed by atoms with Gasteiger partial charge in [-0.3, -0.25) is 9.89 Å². The maximum absolute atomic E-state index is 12.9. The maximum Gasteiger partial charge on any atom is 0.322 e. The van der Waals surface area contributed by atoms with Crippen molar-refractivity contribution in [3.05, 3.63) is 47.9 Å². The lowest BCUT2D eigenvalue weighted by molar-refractivity contribution is 0.161. The number of aromatic nitrogens is 2. The number of amides is 2. The van der Waals surface area contributed by atoms with E-state index in [9.17, 15) is 4.79 Å². The average Bonchev–Trinajstić information content (AvgIpc) is 3.12. The van der Waals surface area contributed by atoms with Gasteiger partial charge in [0.2, 0.25) is 5.88 Å². The molecule has 31 heavy (non-hydrogen) atoms. The Hall–Kier alpha value is -3.00. The fourth-order valence-corrected chi connectivity index (χ4v) is 4.91. The third-order valence-electron chi connectivity index (χ3n) is 6.50. The zero-order valence-electron chi connectivity index (χ0n) is 18.2. The number of benzene rings is 1. The molecule has 164 valence electrons. The quantitative estimate of drug-likeness (QED) is 0.669. The molecule has 4 rings (SSSR count). The minimum absolute atomic E-state index is 0.0560. The molecule has 2 heterocycles. The Balaban J connectivity index is 1.54. The number of rotatable bonds is 7. The second kappa shape index (κ2) is 8.63. The summed E-state index contributed by atoms with van der Waals surface area (Å²) >= 11 is 0. The molecule has 1 aromatic carbocycles. The predicted molar refractivity (Wildman–Crippen MR) is 121 cm³/mol. The van der Waals surface area contributed by atoms with Crippen LogP contribution in [0, 0.1) is 0 Å². The summed E-state index contributed by atoms with van der Waals surface area (Å²) in [6, 6.07) is 10.5. The highest BCUT2D eigenvalue weighted by molar-refractivity contribution is 5.96. The number of anilines is 1. The van der Waals surface area contributed by atoms with Crippen molar-refractivity contribution in [3.63, 3.8) is 0 Å². The first kappa shape index (κ1) is 21.2. The molecular weight excluding hydrogens is 392 g/mol. The van der Waals surface area contributed by atoms with Crippen molar-refractivity contribution < 1.29 is 9.53 Å². The number of nitrogens with zero attached hydrogens (tertiary/aromatic N) is 4. The van der Waals surface area contributed by atoms with Gasteiger partial charge in [-0.05, 0) is 44.5 Å². The predicted octanol–water partition coefficient (Wildman–Crippen LogP) is 3.03. The van der Waals surface area contributed by atoms with Crippen LogP contribution >= 0.6 is 0 Å². The first-order valence-corrected chi connectivity index (χ1v) is 10.8. The minimum atomic E-state index is -0.267. The molecule has 0 atom stereocenters. The first-order chi connectivity index (χ1) is 15.0. The molecule has 2 amide bonds. The van der Waals surface area contributed by atoms with E-state index in [0.717, 1.165) is 32.2 Å². The Morgan fingerprint density at radius 2 is 2.00 bits per heavy atom. The molecule has 1 spiro atoms. The molecule has 0 radical (unpaired) electrons. The third-order valence-corrected chi connectivity index (χ3v) is 6.50. The summed E-state index contributed by atoms with van der Waals surface area (Å²) in [6.07, 6.45) is 5.32. The zero-order valence-corrected chi connectivity index (χ0v) is 18.2. The summed E-state index contributed by atoms with van der Waals surface area (Å²) in [5.74, 6) is 0.892. The van der Waals surface area contributed by atoms with E-state index in [0.29, 0.717) is 30.5 Å². The van der Waals surface area contributed by atoms with Gasteiger partial charge < -0.3 is 15.4 Å². The van der Waals surface area contributed by atoms with E-state index in [4.69, 9.17) is 4.74 Å². The highest BCUT2D eigenvalue weighted by Gasteiger charge is 2.49. The molecule has 2 aliphatic rings. The summed E-state index contributed by atoms with van der Waals surface area (Å²) in [6.45, 7) is 7.40. The Morgan fingerprint density at radius 1 is 1.26 bits per heavy atom. The Bertz CT molecular complexity index is 940. The third kappa shape index (κ3) is 3.99. The first-order valence-electron chi connectivity index (χ1n) is 10.8. The highest BCUT2D eigenvalue weighted by atomic mass is 16.5. The van der Waals surface area contributed by atoms with E-state index in [1.807, 2.05) is 6.07 Å². The molecule has 0 bridgehead atoms. The van der Waals surface area contributed by atoms with Gasteiger partial charge in [-0.25, -0.2) is 9.78 Å². The molecule has 8 heteroatoms. The van der Waals surface area contributed by atoms with E-state index >= 15 is 0 Å². The second-order valence-corrected chi connectivity index (χ2v) is 8.34. The molecule has 1 aliphatic carbocycles. The van der Waals surface area contributed by atoms with E-state index < -0.39 is 0 Å². The number of carbonyl (C=O) groups excluding carboxylic acids is 1. The van der Waals surface area contributed by atoms with E-state index in [1.54, 1.807) is 18.2 Å². The Morgan fingerprint density at radius 3 is 2.65 bits per heavy atom. The van der Waals surface area contributed by atoms with Gasteiger partial charge in [0.05, 0.1) is 31.9 Å². The van der Waals surface area contributed by atoms with Crippen LogP contribution in [-0.2, 0) is 12.1 Å². The maximum atomic E-state index is 12.9. The fraction of sp³-hybridized carbons (Fsp3) is 0.478. The van der Waals surface area contributed by atoms with Gasteiger partial charge in [0.25, 0.3) is 0 Å². The van der Waals surface area contributed by atoms with Gasteiger partial charge in [-0.2, -0.15) is 4.98 Å². The molecule has 0 unspecified atom stereocenters. The average molecular weight is 423 g/mol. The van der Waals surface area contributed by atoms with Gasteiger partial charge in [0.15, 0.2) is 5.82 Å². The molecule has 2 aromatic rings. The number of carbonyl (C=O) groups is 1. The smallest absolute Gasteiger partial charge is 0.322 e. The number of hydrogen-bond donors (Lipinski definition) is 2. The number of ether oxygens (including phenoxy) is 1. The van der Waals surface area contributed by atoms with Gasteiger partial charge in [-0.1, -0.05) is 37.3 Å². The summed E-state index contributed by atoms with van der Waals surface area (Å²) < 4.78 is 5.45. The van der Waals surface area contributed by atoms with Gasteiger partial charge >= 0.3 is 6.03 Å². The summed E-state index contributed by atoms with van der Waals surface area (Å²) in [7, 11) is 1.55. The monoisotopic (exact) mass is 422 g/mol. The SMILES string of the molecule is C=NCc1ncc(N2CC3(CCC(NCC)(c4ccccc4)CC3)NC2=O)c(OC)n1. The van der Waals surface area contributed by atoms with Crippen molar-refractivity contribution in [2.24, 2.45) is 4.99 Å². The van der Waals surface area contributed by atoms with Crippen LogP contribution < -0.4 is 20.3 Å². The molecule has 2 fully saturated rings. The van der Waals surface area contributed by atoms with E-state index in [-0.39, 0.29) is 17.1 Å². The molecule has 1 saturated carbocycles. The van der Waals surface area contributed by atoms with Crippen LogP contribution in [0.3, 0.4) is 0 Å². The molecule has 1 aromatic heterocycles. The summed E-state index contributed by atoms with van der Waals surface area (Å²) in [5.41, 5.74) is 1.57. The van der Waals surface area contributed by atoms with Crippen LogP contribution in [0.1, 0.15) is 44.0 Å². The topological polar surface area (TPSA) is 91.7 Å². The lowest BCUT2D eigenvalue weighted by Crippen LogP contribution is -2.54. The number of methoxy groups -OCH3 is 1. The van der Waals surface area contributed by atoms with Gasteiger partial charge in [0.1, 0.15) is 5.69 Å². The molecule has 8 nitrogen and oxygen atoms in total. The minimum Gasteiger partial charge on any atom is -0.479 e. The van der Waals surface area contributed by atoms with Crippen LogP contribution in [0.5, 0.6) is 5.88 Å².